The molecule has 2 aromatic rings. The van der Waals surface area contributed by atoms with Gasteiger partial charge in [0.1, 0.15) is 0 Å². The Balaban J connectivity index is 1.68. The van der Waals surface area contributed by atoms with E-state index < -0.39 is 0 Å². The fourth-order valence-corrected chi connectivity index (χ4v) is 3.83. The number of amides is 2. The summed E-state index contributed by atoms with van der Waals surface area (Å²) >= 11 is 0. The summed E-state index contributed by atoms with van der Waals surface area (Å²) in [5.74, 6) is 0.136. The average Bonchev–Trinajstić information content (AvgIpc) is 2.75. The summed E-state index contributed by atoms with van der Waals surface area (Å²) in [5.41, 5.74) is 2.94. The standard InChI is InChI=1S/C24H30N2O3/c1-4-26(24(28)21-8-6-5-7-9-21)22-14-15-29-23(16-22)20-12-10-19(11-13-20)17-25(3)18(2)27/h5-13,22-23H,4,14-17H2,1-3H3/t22-,23+/m1/s1. The van der Waals surface area contributed by atoms with Crippen molar-refractivity contribution in [2.24, 2.45) is 0 Å². The molecule has 0 spiro atoms. The van der Waals surface area contributed by atoms with Crippen LogP contribution in [0.1, 0.15) is 54.3 Å². The molecular weight excluding hydrogens is 364 g/mol. The lowest BCUT2D eigenvalue weighted by Gasteiger charge is -2.37. The summed E-state index contributed by atoms with van der Waals surface area (Å²) < 4.78 is 6.03. The Labute approximate surface area is 173 Å². The Morgan fingerprint density at radius 2 is 1.76 bits per heavy atom. The molecule has 0 unspecified atom stereocenters. The van der Waals surface area contributed by atoms with E-state index in [-0.39, 0.29) is 24.0 Å². The van der Waals surface area contributed by atoms with Crippen LogP contribution in [-0.2, 0) is 16.1 Å². The van der Waals surface area contributed by atoms with Crippen LogP contribution >= 0.6 is 0 Å². The van der Waals surface area contributed by atoms with Crippen LogP contribution in [0.15, 0.2) is 54.6 Å². The first-order chi connectivity index (χ1) is 14.0. The lowest BCUT2D eigenvalue weighted by molar-refractivity contribution is -0.128. The zero-order valence-electron chi connectivity index (χ0n) is 17.5. The van der Waals surface area contributed by atoms with Gasteiger partial charge >= 0.3 is 0 Å². The molecule has 1 saturated heterocycles. The van der Waals surface area contributed by atoms with Crippen molar-refractivity contribution >= 4 is 11.8 Å². The highest BCUT2D eigenvalue weighted by molar-refractivity contribution is 5.94. The third kappa shape index (κ3) is 5.24. The van der Waals surface area contributed by atoms with Crippen molar-refractivity contribution in [2.45, 2.75) is 45.4 Å². The van der Waals surface area contributed by atoms with Crippen LogP contribution in [0.25, 0.3) is 0 Å². The van der Waals surface area contributed by atoms with Crippen LogP contribution < -0.4 is 0 Å². The molecule has 1 heterocycles. The van der Waals surface area contributed by atoms with Crippen molar-refractivity contribution in [3.63, 3.8) is 0 Å². The monoisotopic (exact) mass is 394 g/mol. The van der Waals surface area contributed by atoms with Gasteiger partial charge in [-0.05, 0) is 43.0 Å². The van der Waals surface area contributed by atoms with Crippen LogP contribution in [0.2, 0.25) is 0 Å². The van der Waals surface area contributed by atoms with Gasteiger partial charge in [0.15, 0.2) is 0 Å². The van der Waals surface area contributed by atoms with E-state index in [1.54, 1.807) is 18.9 Å². The first-order valence-electron chi connectivity index (χ1n) is 10.3. The second-order valence-electron chi connectivity index (χ2n) is 7.61. The highest BCUT2D eigenvalue weighted by atomic mass is 16.5. The fourth-order valence-electron chi connectivity index (χ4n) is 3.83. The molecule has 1 aliphatic heterocycles. The van der Waals surface area contributed by atoms with Gasteiger partial charge in [-0.1, -0.05) is 42.5 Å². The Bertz CT molecular complexity index is 820. The lowest BCUT2D eigenvalue weighted by atomic mass is 9.95. The topological polar surface area (TPSA) is 49.9 Å². The van der Waals surface area contributed by atoms with Gasteiger partial charge in [-0.25, -0.2) is 0 Å². The van der Waals surface area contributed by atoms with E-state index in [9.17, 15) is 9.59 Å². The molecule has 1 aliphatic rings. The maximum absolute atomic E-state index is 13.0. The van der Waals surface area contributed by atoms with Crippen LogP contribution in [0, 0.1) is 0 Å². The first kappa shape index (κ1) is 21.1. The molecule has 1 fully saturated rings. The molecule has 2 atom stereocenters. The van der Waals surface area contributed by atoms with Crippen molar-refractivity contribution in [3.05, 3.63) is 71.3 Å². The Morgan fingerprint density at radius 3 is 2.38 bits per heavy atom. The molecular formula is C24H30N2O3. The smallest absolute Gasteiger partial charge is 0.254 e. The summed E-state index contributed by atoms with van der Waals surface area (Å²) in [6.45, 7) is 5.52. The van der Waals surface area contributed by atoms with E-state index in [2.05, 4.69) is 24.3 Å². The molecule has 2 aromatic carbocycles. The Hall–Kier alpha value is -2.66. The van der Waals surface area contributed by atoms with Crippen molar-refractivity contribution in [1.29, 1.82) is 0 Å². The van der Waals surface area contributed by atoms with E-state index in [0.717, 1.165) is 29.5 Å². The highest BCUT2D eigenvalue weighted by Crippen LogP contribution is 2.31. The number of hydrogen-bond acceptors (Lipinski definition) is 3. The predicted molar refractivity (Wildman–Crippen MR) is 113 cm³/mol. The van der Waals surface area contributed by atoms with Crippen molar-refractivity contribution in [1.82, 2.24) is 9.80 Å². The molecule has 2 amide bonds. The molecule has 0 aliphatic carbocycles. The van der Waals surface area contributed by atoms with E-state index in [1.807, 2.05) is 42.2 Å². The SMILES string of the molecule is CCN(C(=O)c1ccccc1)[C@@H]1CCO[C@H](c2ccc(CN(C)C(C)=O)cc2)C1. The van der Waals surface area contributed by atoms with Crippen LogP contribution in [0.3, 0.4) is 0 Å². The van der Waals surface area contributed by atoms with E-state index in [0.29, 0.717) is 19.7 Å². The van der Waals surface area contributed by atoms with E-state index in [1.165, 1.54) is 0 Å². The first-order valence-corrected chi connectivity index (χ1v) is 10.3. The summed E-state index contributed by atoms with van der Waals surface area (Å²) in [5, 5.41) is 0. The van der Waals surface area contributed by atoms with Gasteiger partial charge in [-0.15, -0.1) is 0 Å². The Kier molecular flexibility index (Phi) is 7.04. The van der Waals surface area contributed by atoms with Crippen molar-refractivity contribution < 1.29 is 14.3 Å². The number of carbonyl (C=O) groups is 2. The molecule has 5 nitrogen and oxygen atoms in total. The maximum Gasteiger partial charge on any atom is 0.254 e. The van der Waals surface area contributed by atoms with Gasteiger partial charge < -0.3 is 14.5 Å². The van der Waals surface area contributed by atoms with Crippen molar-refractivity contribution in [2.75, 3.05) is 20.2 Å². The number of ether oxygens (including phenoxy) is 1. The van der Waals surface area contributed by atoms with Gasteiger partial charge in [0.2, 0.25) is 5.91 Å². The molecule has 0 saturated carbocycles. The summed E-state index contributed by atoms with van der Waals surface area (Å²) in [6.07, 6.45) is 1.62. The highest BCUT2D eigenvalue weighted by Gasteiger charge is 2.30. The third-order valence-corrected chi connectivity index (χ3v) is 5.63. The van der Waals surface area contributed by atoms with Crippen LogP contribution in [-0.4, -0.2) is 47.9 Å². The summed E-state index contributed by atoms with van der Waals surface area (Å²) in [6, 6.07) is 17.9. The number of rotatable bonds is 6. The second-order valence-corrected chi connectivity index (χ2v) is 7.61. The lowest BCUT2D eigenvalue weighted by Crippen LogP contribution is -2.43. The molecule has 0 N–H and O–H groups in total. The summed E-state index contributed by atoms with van der Waals surface area (Å²) in [4.78, 5) is 28.1. The number of nitrogens with zero attached hydrogens (tertiary/aromatic N) is 2. The quantitative estimate of drug-likeness (QED) is 0.743. The molecule has 29 heavy (non-hydrogen) atoms. The normalized spacial score (nSPS) is 18.9. The average molecular weight is 395 g/mol. The molecule has 0 bridgehead atoms. The zero-order valence-corrected chi connectivity index (χ0v) is 17.5. The molecule has 5 heteroatoms. The minimum Gasteiger partial charge on any atom is -0.373 e. The fraction of sp³-hybridized carbons (Fsp3) is 0.417. The number of hydrogen-bond donors (Lipinski definition) is 0. The van der Waals surface area contributed by atoms with Gasteiger partial charge in [0.05, 0.1) is 6.10 Å². The molecule has 0 aromatic heterocycles. The number of benzene rings is 2. The van der Waals surface area contributed by atoms with Crippen LogP contribution in [0.5, 0.6) is 0 Å². The van der Waals surface area contributed by atoms with E-state index in [4.69, 9.17) is 4.74 Å². The van der Waals surface area contributed by atoms with Crippen molar-refractivity contribution in [3.8, 4) is 0 Å². The van der Waals surface area contributed by atoms with Gasteiger partial charge in [0.25, 0.3) is 5.91 Å². The van der Waals surface area contributed by atoms with E-state index >= 15 is 0 Å². The predicted octanol–water partition coefficient (Wildman–Crippen LogP) is 4.05. The number of carbonyl (C=O) groups excluding carboxylic acids is 2. The maximum atomic E-state index is 13.0. The van der Waals surface area contributed by atoms with Gasteiger partial charge in [-0.3, -0.25) is 9.59 Å². The largest absolute Gasteiger partial charge is 0.373 e. The zero-order chi connectivity index (χ0) is 20.8. The minimum atomic E-state index is -0.0223. The van der Waals surface area contributed by atoms with Gasteiger partial charge in [0, 0.05) is 45.3 Å². The van der Waals surface area contributed by atoms with Gasteiger partial charge in [-0.2, -0.15) is 0 Å². The molecule has 0 radical (unpaired) electrons. The molecule has 154 valence electrons. The second kappa shape index (κ2) is 9.70. The molecule has 3 rings (SSSR count). The Morgan fingerprint density at radius 1 is 1.07 bits per heavy atom. The summed E-state index contributed by atoms with van der Waals surface area (Å²) in [7, 11) is 1.80. The third-order valence-electron chi connectivity index (χ3n) is 5.63. The van der Waals surface area contributed by atoms with Crippen LogP contribution in [0.4, 0.5) is 0 Å². The minimum absolute atomic E-state index is 0.0223.